The summed E-state index contributed by atoms with van der Waals surface area (Å²) in [6.07, 6.45) is -4.70. The Labute approximate surface area is 122 Å². The van der Waals surface area contributed by atoms with E-state index in [1.54, 1.807) is 0 Å². The topological polar surface area (TPSA) is 55.6 Å². The minimum absolute atomic E-state index is 0.138. The Bertz CT molecular complexity index is 419. The Morgan fingerprint density at radius 1 is 1.24 bits per heavy atom. The molecule has 0 saturated heterocycles. The molecule has 0 saturated carbocycles. The highest BCUT2D eigenvalue weighted by Gasteiger charge is 2.30. The van der Waals surface area contributed by atoms with Gasteiger partial charge >= 0.3 is 6.36 Å². The molecule has 0 aliphatic rings. The van der Waals surface area contributed by atoms with E-state index in [1.807, 2.05) is 13.8 Å². The van der Waals surface area contributed by atoms with Crippen molar-refractivity contribution in [1.29, 1.82) is 0 Å². The molecule has 7 heteroatoms. The number of alkyl halides is 3. The van der Waals surface area contributed by atoms with Gasteiger partial charge in [-0.2, -0.15) is 0 Å². The van der Waals surface area contributed by atoms with Crippen LogP contribution in [0.3, 0.4) is 0 Å². The van der Waals surface area contributed by atoms with Crippen molar-refractivity contribution in [3.05, 3.63) is 29.8 Å². The molecule has 0 aliphatic heterocycles. The summed E-state index contributed by atoms with van der Waals surface area (Å²) in [6, 6.07) is 5.38. The summed E-state index contributed by atoms with van der Waals surface area (Å²) in [5.41, 5.74) is 6.08. The summed E-state index contributed by atoms with van der Waals surface area (Å²) in [5.74, 6) is -0.425. The number of hydrogen-bond acceptors (Lipinski definition) is 3. The summed E-state index contributed by atoms with van der Waals surface area (Å²) < 4.78 is 39.7. The standard InChI is InChI=1S/C12H15F3N2O2.C2H6/c1-9(18)17(7-6-16)8-10-2-4-11(5-3-10)19-12(13,14)15;1-2/h2-5H,6-8,16H2,1H3;1-2H3. The van der Waals surface area contributed by atoms with Gasteiger partial charge in [0.05, 0.1) is 0 Å². The second kappa shape index (κ2) is 9.23. The number of amides is 1. The van der Waals surface area contributed by atoms with Gasteiger partial charge in [-0.1, -0.05) is 26.0 Å². The first-order valence-corrected chi connectivity index (χ1v) is 6.62. The summed E-state index contributed by atoms with van der Waals surface area (Å²) in [6.45, 7) is 6.45. The SMILES string of the molecule is CC.CC(=O)N(CCN)Cc1ccc(OC(F)(F)F)cc1. The Morgan fingerprint density at radius 2 is 1.76 bits per heavy atom. The second-order valence-electron chi connectivity index (χ2n) is 3.92. The van der Waals surface area contributed by atoms with E-state index in [9.17, 15) is 18.0 Å². The number of nitrogens with two attached hydrogens (primary N) is 1. The first-order valence-electron chi connectivity index (χ1n) is 6.62. The number of ether oxygens (including phenoxy) is 1. The normalized spacial score (nSPS) is 10.4. The van der Waals surface area contributed by atoms with E-state index < -0.39 is 6.36 Å². The number of carbonyl (C=O) groups is 1. The van der Waals surface area contributed by atoms with Gasteiger partial charge in [-0.05, 0) is 17.7 Å². The lowest BCUT2D eigenvalue weighted by Gasteiger charge is -2.20. The van der Waals surface area contributed by atoms with E-state index in [0.29, 0.717) is 25.2 Å². The van der Waals surface area contributed by atoms with Crippen molar-refractivity contribution >= 4 is 5.91 Å². The van der Waals surface area contributed by atoms with Crippen molar-refractivity contribution in [2.75, 3.05) is 13.1 Å². The summed E-state index contributed by atoms with van der Waals surface area (Å²) >= 11 is 0. The molecule has 0 radical (unpaired) electrons. The van der Waals surface area contributed by atoms with Gasteiger partial charge in [-0.15, -0.1) is 13.2 Å². The molecule has 1 amide bonds. The first kappa shape index (κ1) is 19.2. The highest BCUT2D eigenvalue weighted by atomic mass is 19.4. The van der Waals surface area contributed by atoms with Crippen LogP contribution >= 0.6 is 0 Å². The number of benzene rings is 1. The molecule has 0 heterocycles. The lowest BCUT2D eigenvalue weighted by molar-refractivity contribution is -0.274. The van der Waals surface area contributed by atoms with Crippen molar-refractivity contribution in [2.24, 2.45) is 5.73 Å². The van der Waals surface area contributed by atoms with Crippen molar-refractivity contribution in [3.8, 4) is 5.75 Å². The summed E-state index contributed by atoms with van der Waals surface area (Å²) in [4.78, 5) is 12.8. The fourth-order valence-electron chi connectivity index (χ4n) is 1.52. The summed E-state index contributed by atoms with van der Waals surface area (Å²) in [5, 5.41) is 0. The van der Waals surface area contributed by atoms with Crippen LogP contribution < -0.4 is 10.5 Å². The van der Waals surface area contributed by atoms with E-state index in [2.05, 4.69) is 4.74 Å². The summed E-state index contributed by atoms with van der Waals surface area (Å²) in [7, 11) is 0. The van der Waals surface area contributed by atoms with Gasteiger partial charge in [-0.3, -0.25) is 4.79 Å². The van der Waals surface area contributed by atoms with Crippen LogP contribution in [0, 0.1) is 0 Å². The van der Waals surface area contributed by atoms with Gasteiger partial charge < -0.3 is 15.4 Å². The Kier molecular flexibility index (Phi) is 8.45. The van der Waals surface area contributed by atoms with Crippen LogP contribution in [0.15, 0.2) is 24.3 Å². The molecule has 4 nitrogen and oxygen atoms in total. The average molecular weight is 306 g/mol. The molecule has 1 rings (SSSR count). The number of carbonyl (C=O) groups excluding carboxylic acids is 1. The predicted molar refractivity (Wildman–Crippen MR) is 74.6 cm³/mol. The largest absolute Gasteiger partial charge is 0.573 e. The van der Waals surface area contributed by atoms with E-state index in [1.165, 1.54) is 36.1 Å². The molecule has 21 heavy (non-hydrogen) atoms. The fourth-order valence-corrected chi connectivity index (χ4v) is 1.52. The molecule has 0 aliphatic carbocycles. The highest BCUT2D eigenvalue weighted by molar-refractivity contribution is 5.73. The maximum absolute atomic E-state index is 12.0. The predicted octanol–water partition coefficient (Wildman–Crippen LogP) is 2.92. The number of halogens is 3. The fraction of sp³-hybridized carbons (Fsp3) is 0.500. The van der Waals surface area contributed by atoms with Crippen LogP contribution in [0.1, 0.15) is 26.3 Å². The van der Waals surface area contributed by atoms with Gasteiger partial charge in [0.2, 0.25) is 5.91 Å². The van der Waals surface area contributed by atoms with Crippen LogP contribution in [0.5, 0.6) is 5.75 Å². The molecule has 120 valence electrons. The Balaban J connectivity index is 0.00000191. The third-order valence-corrected chi connectivity index (χ3v) is 2.37. The average Bonchev–Trinajstić information content (AvgIpc) is 2.41. The van der Waals surface area contributed by atoms with Crippen LogP contribution in [0.4, 0.5) is 13.2 Å². The van der Waals surface area contributed by atoms with Crippen molar-refractivity contribution in [2.45, 2.75) is 33.7 Å². The van der Waals surface area contributed by atoms with Gasteiger partial charge in [0.25, 0.3) is 0 Å². The van der Waals surface area contributed by atoms with E-state index in [-0.39, 0.29) is 11.7 Å². The molecule has 1 aromatic rings. The molecule has 0 unspecified atom stereocenters. The number of hydrogen-bond donors (Lipinski definition) is 1. The Morgan fingerprint density at radius 3 is 2.14 bits per heavy atom. The van der Waals surface area contributed by atoms with E-state index in [0.717, 1.165) is 0 Å². The molecule has 2 N–H and O–H groups in total. The highest BCUT2D eigenvalue weighted by Crippen LogP contribution is 2.23. The molecule has 0 fully saturated rings. The van der Waals surface area contributed by atoms with E-state index >= 15 is 0 Å². The maximum Gasteiger partial charge on any atom is 0.573 e. The zero-order valence-electron chi connectivity index (χ0n) is 12.4. The third-order valence-electron chi connectivity index (χ3n) is 2.37. The minimum Gasteiger partial charge on any atom is -0.406 e. The molecule has 0 spiro atoms. The van der Waals surface area contributed by atoms with E-state index in [4.69, 9.17) is 5.73 Å². The molecule has 0 aromatic heterocycles. The Hall–Kier alpha value is -1.76. The van der Waals surface area contributed by atoms with Gasteiger partial charge in [-0.25, -0.2) is 0 Å². The molecule has 0 bridgehead atoms. The molecule has 1 aromatic carbocycles. The van der Waals surface area contributed by atoms with Gasteiger partial charge in [0.15, 0.2) is 0 Å². The monoisotopic (exact) mass is 306 g/mol. The smallest absolute Gasteiger partial charge is 0.406 e. The number of rotatable bonds is 5. The van der Waals surface area contributed by atoms with Crippen LogP contribution in [-0.4, -0.2) is 30.3 Å². The molecule has 0 atom stereocenters. The van der Waals surface area contributed by atoms with Crippen LogP contribution in [-0.2, 0) is 11.3 Å². The number of nitrogens with zero attached hydrogens (tertiary/aromatic N) is 1. The lowest BCUT2D eigenvalue weighted by atomic mass is 10.2. The molecular formula is C14H21F3N2O2. The zero-order valence-corrected chi connectivity index (χ0v) is 12.4. The van der Waals surface area contributed by atoms with Crippen LogP contribution in [0.2, 0.25) is 0 Å². The quantitative estimate of drug-likeness (QED) is 0.910. The van der Waals surface area contributed by atoms with Gasteiger partial charge in [0, 0.05) is 26.6 Å². The second-order valence-corrected chi connectivity index (χ2v) is 3.92. The zero-order chi connectivity index (χ0) is 16.5. The van der Waals surface area contributed by atoms with Gasteiger partial charge in [0.1, 0.15) is 5.75 Å². The van der Waals surface area contributed by atoms with Crippen LogP contribution in [0.25, 0.3) is 0 Å². The van der Waals surface area contributed by atoms with Crippen molar-refractivity contribution < 1.29 is 22.7 Å². The molecular weight excluding hydrogens is 285 g/mol. The maximum atomic E-state index is 12.0. The lowest BCUT2D eigenvalue weighted by Crippen LogP contribution is -2.33. The third kappa shape index (κ3) is 8.19. The van der Waals surface area contributed by atoms with Crippen molar-refractivity contribution in [3.63, 3.8) is 0 Å². The van der Waals surface area contributed by atoms with Crippen molar-refractivity contribution in [1.82, 2.24) is 4.90 Å². The minimum atomic E-state index is -4.70. The first-order chi connectivity index (χ1) is 9.81.